The van der Waals surface area contributed by atoms with Crippen LogP contribution in [0, 0.1) is 0 Å². The molecule has 2 amide bonds. The quantitative estimate of drug-likeness (QED) is 0.173. The van der Waals surface area contributed by atoms with Gasteiger partial charge in [-0.3, -0.25) is 14.6 Å². The summed E-state index contributed by atoms with van der Waals surface area (Å²) in [5, 5.41) is 9.14. The molecule has 1 aliphatic heterocycles. The molecule has 0 fully saturated rings. The highest BCUT2D eigenvalue weighted by atomic mass is 79.9. The molecule has 4 rings (SSSR count). The van der Waals surface area contributed by atoms with Gasteiger partial charge in [-0.2, -0.15) is 0 Å². The van der Waals surface area contributed by atoms with Crippen molar-refractivity contribution in [3.8, 4) is 11.4 Å². The summed E-state index contributed by atoms with van der Waals surface area (Å²) in [4.78, 5) is 33.4. The highest BCUT2D eigenvalue weighted by Crippen LogP contribution is 2.39. The molecule has 3 aromatic rings. The number of halogens is 1. The summed E-state index contributed by atoms with van der Waals surface area (Å²) in [6.07, 6.45) is 1.19. The SMILES string of the molecule is CC(=O)NCCNc1ccc2c(c1)-c1nc3cc(Br)ccc3n1C(CCCN=C(N)N)C(=O)N2. The molecule has 0 bridgehead atoms. The summed E-state index contributed by atoms with van der Waals surface area (Å²) in [5.41, 5.74) is 14.9. The van der Waals surface area contributed by atoms with E-state index in [-0.39, 0.29) is 17.8 Å². The number of aromatic nitrogens is 2. The lowest BCUT2D eigenvalue weighted by atomic mass is 10.1. The van der Waals surface area contributed by atoms with Gasteiger partial charge in [-0.1, -0.05) is 15.9 Å². The van der Waals surface area contributed by atoms with Gasteiger partial charge in [-0.05, 0) is 49.2 Å². The van der Waals surface area contributed by atoms with Gasteiger partial charge < -0.3 is 32.0 Å². The maximum atomic E-state index is 13.3. The summed E-state index contributed by atoms with van der Waals surface area (Å²) in [6.45, 7) is 3.01. The number of benzene rings is 2. The fourth-order valence-corrected chi connectivity index (χ4v) is 4.41. The van der Waals surface area contributed by atoms with Crippen molar-refractivity contribution >= 4 is 56.1 Å². The molecule has 0 radical (unpaired) electrons. The van der Waals surface area contributed by atoms with Gasteiger partial charge in [-0.15, -0.1) is 0 Å². The van der Waals surface area contributed by atoms with Crippen molar-refractivity contribution in [1.82, 2.24) is 14.9 Å². The standard InChI is InChI=1S/C23H27BrN8O2/c1-13(33)27-9-10-28-15-5-6-17-16(12-15)21-30-18-11-14(24)4-7-19(18)32(21)20(22(34)31-17)3-2-8-29-23(25)26/h4-7,11-12,20,28H,2-3,8-10H2,1H3,(H,27,33)(H,31,34)(H4,25,26,29). The Bertz CT molecular complexity index is 1270. The summed E-state index contributed by atoms with van der Waals surface area (Å²) in [6, 6.07) is 11.1. The normalized spacial score (nSPS) is 14.5. The highest BCUT2D eigenvalue weighted by molar-refractivity contribution is 9.10. The molecule has 0 spiro atoms. The Hall–Kier alpha value is -3.60. The molecule has 2 heterocycles. The van der Waals surface area contributed by atoms with E-state index in [1.54, 1.807) is 0 Å². The number of nitrogens with one attached hydrogen (secondary N) is 3. The third kappa shape index (κ3) is 5.14. The number of nitrogens with zero attached hydrogens (tertiary/aromatic N) is 3. The molecule has 7 N–H and O–H groups in total. The molecule has 1 aliphatic rings. The lowest BCUT2D eigenvalue weighted by molar-refractivity contribution is -0.119. The molecule has 10 nitrogen and oxygen atoms in total. The van der Waals surface area contributed by atoms with Gasteiger partial charge in [0.25, 0.3) is 0 Å². The Kier molecular flexibility index (Phi) is 7.01. The topological polar surface area (TPSA) is 152 Å². The Morgan fingerprint density at radius 1 is 1.24 bits per heavy atom. The third-order valence-corrected chi connectivity index (χ3v) is 6.04. The third-order valence-electron chi connectivity index (χ3n) is 5.54. The molecule has 11 heteroatoms. The zero-order valence-electron chi connectivity index (χ0n) is 18.8. The van der Waals surface area contributed by atoms with Crippen LogP contribution in [0.3, 0.4) is 0 Å². The number of rotatable bonds is 8. The number of carbonyl (C=O) groups is 2. The molecular weight excluding hydrogens is 500 g/mol. The maximum Gasteiger partial charge on any atom is 0.247 e. The second kappa shape index (κ2) is 10.1. The Morgan fingerprint density at radius 2 is 2.06 bits per heavy atom. The first-order valence-corrected chi connectivity index (χ1v) is 11.8. The first kappa shape index (κ1) is 23.6. The monoisotopic (exact) mass is 526 g/mol. The zero-order chi connectivity index (χ0) is 24.2. The van der Waals surface area contributed by atoms with E-state index in [2.05, 4.69) is 36.9 Å². The van der Waals surface area contributed by atoms with Gasteiger partial charge in [0.15, 0.2) is 5.96 Å². The average Bonchev–Trinajstić information content (AvgIpc) is 3.10. The largest absolute Gasteiger partial charge is 0.383 e. The Morgan fingerprint density at radius 3 is 2.82 bits per heavy atom. The van der Waals surface area contributed by atoms with Gasteiger partial charge in [-0.25, -0.2) is 4.98 Å². The van der Waals surface area contributed by atoms with Crippen LogP contribution >= 0.6 is 15.9 Å². The van der Waals surface area contributed by atoms with Gasteiger partial charge in [0.1, 0.15) is 11.9 Å². The first-order chi connectivity index (χ1) is 16.3. The fraction of sp³-hybridized carbons (Fsp3) is 0.304. The van der Waals surface area contributed by atoms with E-state index in [1.807, 2.05) is 41.0 Å². The van der Waals surface area contributed by atoms with Gasteiger partial charge in [0.05, 0.1) is 16.7 Å². The van der Waals surface area contributed by atoms with Crippen LogP contribution in [0.15, 0.2) is 45.9 Å². The number of hydrogen-bond donors (Lipinski definition) is 5. The van der Waals surface area contributed by atoms with E-state index in [0.717, 1.165) is 26.8 Å². The van der Waals surface area contributed by atoms with E-state index in [4.69, 9.17) is 16.5 Å². The minimum absolute atomic E-state index is 0.0369. The highest BCUT2D eigenvalue weighted by Gasteiger charge is 2.31. The summed E-state index contributed by atoms with van der Waals surface area (Å²) in [7, 11) is 0. The number of nitrogens with two attached hydrogens (primary N) is 2. The number of anilines is 2. The van der Waals surface area contributed by atoms with Crippen LogP contribution in [0.4, 0.5) is 11.4 Å². The second-order valence-electron chi connectivity index (χ2n) is 8.06. The molecule has 0 saturated carbocycles. The molecule has 2 aromatic carbocycles. The first-order valence-electron chi connectivity index (χ1n) is 11.0. The van der Waals surface area contributed by atoms with E-state index in [9.17, 15) is 9.59 Å². The number of imidazole rings is 1. The van der Waals surface area contributed by atoms with Crippen LogP contribution < -0.4 is 27.4 Å². The van der Waals surface area contributed by atoms with Gasteiger partial charge in [0, 0.05) is 42.3 Å². The predicted octanol–water partition coefficient (Wildman–Crippen LogP) is 2.56. The minimum atomic E-state index is -0.473. The van der Waals surface area contributed by atoms with Crippen LogP contribution in [0.2, 0.25) is 0 Å². The predicted molar refractivity (Wildman–Crippen MR) is 138 cm³/mol. The number of hydrogen-bond acceptors (Lipinski definition) is 5. The van der Waals surface area contributed by atoms with Crippen molar-refractivity contribution in [2.75, 3.05) is 30.3 Å². The lowest BCUT2D eigenvalue weighted by Crippen LogP contribution is -2.26. The van der Waals surface area contributed by atoms with Gasteiger partial charge in [0.2, 0.25) is 11.8 Å². The number of carbonyl (C=O) groups excluding carboxylic acids is 2. The van der Waals surface area contributed by atoms with Crippen molar-refractivity contribution < 1.29 is 9.59 Å². The molecule has 0 aliphatic carbocycles. The minimum Gasteiger partial charge on any atom is -0.383 e. The van der Waals surface area contributed by atoms with E-state index >= 15 is 0 Å². The molecular formula is C23H27BrN8O2. The number of fused-ring (bicyclic) bond motifs is 5. The van der Waals surface area contributed by atoms with Crippen molar-refractivity contribution in [3.05, 3.63) is 40.9 Å². The molecule has 34 heavy (non-hydrogen) atoms. The second-order valence-corrected chi connectivity index (χ2v) is 8.98. The van der Waals surface area contributed by atoms with Crippen LogP contribution in [0.25, 0.3) is 22.4 Å². The van der Waals surface area contributed by atoms with Gasteiger partial charge >= 0.3 is 0 Å². The number of guanidine groups is 1. The molecule has 0 saturated heterocycles. The summed E-state index contributed by atoms with van der Waals surface area (Å²) in [5.74, 6) is 0.559. The van der Waals surface area contributed by atoms with E-state index in [0.29, 0.717) is 44.0 Å². The fourth-order valence-electron chi connectivity index (χ4n) is 4.06. The van der Waals surface area contributed by atoms with E-state index in [1.165, 1.54) is 6.92 Å². The van der Waals surface area contributed by atoms with Crippen LogP contribution in [0.1, 0.15) is 25.8 Å². The van der Waals surface area contributed by atoms with Crippen molar-refractivity contribution in [1.29, 1.82) is 0 Å². The summed E-state index contributed by atoms with van der Waals surface area (Å²) < 4.78 is 2.91. The molecule has 1 aromatic heterocycles. The molecule has 178 valence electrons. The van der Waals surface area contributed by atoms with Crippen LogP contribution in [-0.2, 0) is 9.59 Å². The van der Waals surface area contributed by atoms with Crippen molar-refractivity contribution in [2.24, 2.45) is 16.5 Å². The maximum absolute atomic E-state index is 13.3. The van der Waals surface area contributed by atoms with Crippen molar-refractivity contribution in [3.63, 3.8) is 0 Å². The smallest absolute Gasteiger partial charge is 0.247 e. The van der Waals surface area contributed by atoms with E-state index < -0.39 is 6.04 Å². The van der Waals surface area contributed by atoms with Crippen molar-refractivity contribution in [2.45, 2.75) is 25.8 Å². The number of aliphatic imine (C=N–C) groups is 1. The Labute approximate surface area is 205 Å². The Balaban J connectivity index is 1.72. The van der Waals surface area contributed by atoms with Crippen LogP contribution in [0.5, 0.6) is 0 Å². The zero-order valence-corrected chi connectivity index (χ0v) is 20.4. The van der Waals surface area contributed by atoms with Crippen LogP contribution in [-0.4, -0.2) is 47.0 Å². The summed E-state index contributed by atoms with van der Waals surface area (Å²) >= 11 is 3.51. The number of amides is 2. The average molecular weight is 527 g/mol. The molecule has 1 atom stereocenters. The lowest BCUT2D eigenvalue weighted by Gasteiger charge is -2.18. The molecule has 1 unspecified atom stereocenters.